The van der Waals surface area contributed by atoms with Gasteiger partial charge >= 0.3 is 5.97 Å². The van der Waals surface area contributed by atoms with Crippen LogP contribution in [0.4, 0.5) is 0 Å². The monoisotopic (exact) mass is 382 g/mol. The molecular weight excluding hydrogens is 360 g/mol. The summed E-state index contributed by atoms with van der Waals surface area (Å²) < 4.78 is 5.13. The smallest absolute Gasteiger partial charge is 0.341 e. The highest BCUT2D eigenvalue weighted by Gasteiger charge is 2.25. The van der Waals surface area contributed by atoms with Gasteiger partial charge in [-0.3, -0.25) is 9.59 Å². The number of aliphatic carboxylic acids is 1. The van der Waals surface area contributed by atoms with E-state index in [0.717, 1.165) is 0 Å². The van der Waals surface area contributed by atoms with E-state index in [9.17, 15) is 14.4 Å². The van der Waals surface area contributed by atoms with E-state index in [0.29, 0.717) is 42.8 Å². The van der Waals surface area contributed by atoms with Crippen LogP contribution in [0.25, 0.3) is 0 Å². The number of hydrogen-bond acceptors (Lipinski definition) is 4. The maximum atomic E-state index is 12.7. The number of likely N-dealkylation sites (tertiary alicyclic amines) is 1. The van der Waals surface area contributed by atoms with Crippen LogP contribution in [0.15, 0.2) is 54.6 Å². The van der Waals surface area contributed by atoms with Gasteiger partial charge in [-0.25, -0.2) is 4.79 Å². The van der Waals surface area contributed by atoms with Crippen molar-refractivity contribution in [2.24, 2.45) is 0 Å². The summed E-state index contributed by atoms with van der Waals surface area (Å²) in [7, 11) is 0. The van der Waals surface area contributed by atoms with Crippen LogP contribution < -0.4 is 10.1 Å². The minimum atomic E-state index is -1.07. The molecule has 0 saturated carbocycles. The van der Waals surface area contributed by atoms with E-state index in [1.807, 2.05) is 18.2 Å². The van der Waals surface area contributed by atoms with Crippen LogP contribution in [0.5, 0.6) is 5.75 Å². The average molecular weight is 382 g/mol. The van der Waals surface area contributed by atoms with Crippen LogP contribution >= 0.6 is 0 Å². The molecule has 28 heavy (non-hydrogen) atoms. The number of hydrogen-bond donors (Lipinski definition) is 2. The summed E-state index contributed by atoms with van der Waals surface area (Å²) in [6, 6.07) is 15.6. The Hall–Kier alpha value is -3.35. The molecule has 1 saturated heterocycles. The molecule has 7 nitrogen and oxygen atoms in total. The van der Waals surface area contributed by atoms with Gasteiger partial charge in [0.2, 0.25) is 0 Å². The number of amides is 2. The predicted molar refractivity (Wildman–Crippen MR) is 102 cm³/mol. The molecule has 2 aromatic rings. The molecule has 1 heterocycles. The Morgan fingerprint density at radius 2 is 1.68 bits per heavy atom. The zero-order valence-corrected chi connectivity index (χ0v) is 15.3. The summed E-state index contributed by atoms with van der Waals surface area (Å²) in [6.45, 7) is 0.627. The molecule has 2 N–H and O–H groups in total. The summed E-state index contributed by atoms with van der Waals surface area (Å²) in [5.74, 6) is -0.961. The summed E-state index contributed by atoms with van der Waals surface area (Å²) >= 11 is 0. The SMILES string of the molecule is O=C(O)COc1cccc(C(=O)N2CCC(NC(=O)c3ccccc3)CC2)c1. The van der Waals surface area contributed by atoms with Gasteiger partial charge in [0.25, 0.3) is 11.8 Å². The number of carboxylic acid groups (broad SMARTS) is 1. The molecule has 2 aromatic carbocycles. The van der Waals surface area contributed by atoms with E-state index in [4.69, 9.17) is 9.84 Å². The highest BCUT2D eigenvalue weighted by molar-refractivity contribution is 5.95. The van der Waals surface area contributed by atoms with Crippen molar-refractivity contribution in [2.45, 2.75) is 18.9 Å². The van der Waals surface area contributed by atoms with Crippen molar-refractivity contribution >= 4 is 17.8 Å². The van der Waals surface area contributed by atoms with Gasteiger partial charge in [-0.2, -0.15) is 0 Å². The molecule has 0 aromatic heterocycles. The minimum Gasteiger partial charge on any atom is -0.482 e. The Balaban J connectivity index is 1.53. The Labute approximate surface area is 162 Å². The summed E-state index contributed by atoms with van der Waals surface area (Å²) in [6.07, 6.45) is 1.36. The zero-order valence-electron chi connectivity index (χ0n) is 15.3. The second-order valence-electron chi connectivity index (χ2n) is 6.62. The van der Waals surface area contributed by atoms with Crippen molar-refractivity contribution in [3.05, 3.63) is 65.7 Å². The highest BCUT2D eigenvalue weighted by atomic mass is 16.5. The second kappa shape index (κ2) is 9.03. The maximum absolute atomic E-state index is 12.7. The van der Waals surface area contributed by atoms with Crippen molar-refractivity contribution in [3.8, 4) is 5.75 Å². The molecule has 0 aliphatic carbocycles. The van der Waals surface area contributed by atoms with Crippen LogP contribution in [0.3, 0.4) is 0 Å². The van der Waals surface area contributed by atoms with E-state index in [1.165, 1.54) is 0 Å². The number of ether oxygens (including phenoxy) is 1. The molecule has 1 fully saturated rings. The van der Waals surface area contributed by atoms with Crippen molar-refractivity contribution < 1.29 is 24.2 Å². The summed E-state index contributed by atoms with van der Waals surface area (Å²) in [5, 5.41) is 11.7. The third-order valence-electron chi connectivity index (χ3n) is 4.60. The quantitative estimate of drug-likeness (QED) is 0.798. The van der Waals surface area contributed by atoms with Gasteiger partial charge in [0.1, 0.15) is 5.75 Å². The van der Waals surface area contributed by atoms with Gasteiger partial charge in [-0.1, -0.05) is 24.3 Å². The van der Waals surface area contributed by atoms with Crippen molar-refractivity contribution in [3.63, 3.8) is 0 Å². The Bertz CT molecular complexity index is 845. The normalized spacial score (nSPS) is 14.4. The fourth-order valence-corrected chi connectivity index (χ4v) is 3.13. The van der Waals surface area contributed by atoms with E-state index in [1.54, 1.807) is 41.3 Å². The van der Waals surface area contributed by atoms with E-state index < -0.39 is 12.6 Å². The Morgan fingerprint density at radius 3 is 2.36 bits per heavy atom. The molecule has 3 rings (SSSR count). The molecule has 0 unspecified atom stereocenters. The first-order valence-electron chi connectivity index (χ1n) is 9.13. The lowest BCUT2D eigenvalue weighted by Crippen LogP contribution is -2.46. The lowest BCUT2D eigenvalue weighted by Gasteiger charge is -2.32. The first-order chi connectivity index (χ1) is 13.5. The third-order valence-corrected chi connectivity index (χ3v) is 4.60. The number of benzene rings is 2. The van der Waals surface area contributed by atoms with Crippen LogP contribution in [-0.2, 0) is 4.79 Å². The molecule has 0 bridgehead atoms. The van der Waals surface area contributed by atoms with Gasteiger partial charge in [0.05, 0.1) is 0 Å². The first kappa shape index (κ1) is 19.4. The number of carbonyl (C=O) groups excluding carboxylic acids is 2. The van der Waals surface area contributed by atoms with Gasteiger partial charge in [0.15, 0.2) is 6.61 Å². The van der Waals surface area contributed by atoms with Crippen molar-refractivity contribution in [2.75, 3.05) is 19.7 Å². The van der Waals surface area contributed by atoms with E-state index in [-0.39, 0.29) is 17.9 Å². The van der Waals surface area contributed by atoms with Gasteiger partial charge in [-0.15, -0.1) is 0 Å². The molecule has 1 aliphatic heterocycles. The summed E-state index contributed by atoms with van der Waals surface area (Å²) in [4.78, 5) is 37.3. The fourth-order valence-electron chi connectivity index (χ4n) is 3.13. The summed E-state index contributed by atoms with van der Waals surface area (Å²) in [5.41, 5.74) is 1.08. The Kier molecular flexibility index (Phi) is 6.26. The van der Waals surface area contributed by atoms with E-state index in [2.05, 4.69) is 5.32 Å². The molecule has 146 valence electrons. The van der Waals surface area contributed by atoms with Crippen molar-refractivity contribution in [1.29, 1.82) is 0 Å². The molecular formula is C21H22N2O5. The Morgan fingerprint density at radius 1 is 1.00 bits per heavy atom. The van der Waals surface area contributed by atoms with Crippen LogP contribution in [-0.4, -0.2) is 53.5 Å². The fraction of sp³-hybridized carbons (Fsp3) is 0.286. The molecule has 0 spiro atoms. The molecule has 2 amide bonds. The topological polar surface area (TPSA) is 95.9 Å². The first-order valence-corrected chi connectivity index (χ1v) is 9.13. The third kappa shape index (κ3) is 5.09. The number of rotatable bonds is 6. The average Bonchev–Trinajstić information content (AvgIpc) is 2.73. The molecule has 0 radical (unpaired) electrons. The number of piperidine rings is 1. The lowest BCUT2D eigenvalue weighted by molar-refractivity contribution is -0.139. The van der Waals surface area contributed by atoms with Gasteiger partial charge in [0, 0.05) is 30.3 Å². The standard InChI is InChI=1S/C21H22N2O5/c24-19(25)14-28-18-8-4-7-16(13-18)21(27)23-11-9-17(10-12-23)22-20(26)15-5-2-1-3-6-15/h1-8,13,17H,9-12,14H2,(H,22,26)(H,24,25). The minimum absolute atomic E-state index is 0.0296. The van der Waals surface area contributed by atoms with Crippen LogP contribution in [0, 0.1) is 0 Å². The molecule has 7 heteroatoms. The predicted octanol–water partition coefficient (Wildman–Crippen LogP) is 2.18. The highest BCUT2D eigenvalue weighted by Crippen LogP contribution is 2.18. The zero-order chi connectivity index (χ0) is 19.9. The van der Waals surface area contributed by atoms with Crippen LogP contribution in [0.1, 0.15) is 33.6 Å². The molecule has 0 atom stereocenters. The number of nitrogens with one attached hydrogen (secondary N) is 1. The number of carbonyl (C=O) groups is 3. The number of nitrogens with zero attached hydrogens (tertiary/aromatic N) is 1. The largest absolute Gasteiger partial charge is 0.482 e. The van der Waals surface area contributed by atoms with Crippen molar-refractivity contribution in [1.82, 2.24) is 10.2 Å². The van der Waals surface area contributed by atoms with Gasteiger partial charge in [-0.05, 0) is 43.2 Å². The van der Waals surface area contributed by atoms with Crippen LogP contribution in [0.2, 0.25) is 0 Å². The lowest BCUT2D eigenvalue weighted by atomic mass is 10.0. The maximum Gasteiger partial charge on any atom is 0.341 e. The van der Waals surface area contributed by atoms with E-state index >= 15 is 0 Å². The molecule has 1 aliphatic rings. The number of carboxylic acids is 1. The van der Waals surface area contributed by atoms with Gasteiger partial charge < -0.3 is 20.1 Å². The second-order valence-corrected chi connectivity index (χ2v) is 6.62.